The molecule has 0 spiro atoms. The highest BCUT2D eigenvalue weighted by Crippen LogP contribution is 2.17. The summed E-state index contributed by atoms with van der Waals surface area (Å²) < 4.78 is 0. The highest BCUT2D eigenvalue weighted by molar-refractivity contribution is 6.08. The Hall–Kier alpha value is -3.41. The lowest BCUT2D eigenvalue weighted by molar-refractivity contribution is -0.120. The first-order valence-corrected chi connectivity index (χ1v) is 8.07. The fourth-order valence-corrected chi connectivity index (χ4v) is 2.21. The molecule has 0 bridgehead atoms. The van der Waals surface area contributed by atoms with Crippen LogP contribution < -0.4 is 15.5 Å². The molecule has 2 N–H and O–H groups in total. The van der Waals surface area contributed by atoms with Crippen LogP contribution in [0.15, 0.2) is 60.3 Å². The maximum Gasteiger partial charge on any atom is 0.272 e. The Morgan fingerprint density at radius 1 is 0.923 bits per heavy atom. The van der Waals surface area contributed by atoms with Crippen LogP contribution in [0.5, 0.6) is 0 Å². The van der Waals surface area contributed by atoms with Crippen molar-refractivity contribution < 1.29 is 14.4 Å². The minimum absolute atomic E-state index is 0.0828. The van der Waals surface area contributed by atoms with Crippen molar-refractivity contribution in [3.05, 3.63) is 65.9 Å². The van der Waals surface area contributed by atoms with Gasteiger partial charge in [-0.1, -0.05) is 30.3 Å². The maximum atomic E-state index is 12.5. The number of benzene rings is 2. The molecule has 6 heteroatoms. The van der Waals surface area contributed by atoms with E-state index in [1.165, 1.54) is 18.7 Å². The molecule has 0 aliphatic rings. The molecule has 2 aromatic rings. The summed E-state index contributed by atoms with van der Waals surface area (Å²) in [6, 6.07) is 16.1. The molecular weight excluding hydrogens is 330 g/mol. The summed E-state index contributed by atoms with van der Waals surface area (Å²) >= 11 is 0. The summed E-state index contributed by atoms with van der Waals surface area (Å²) in [5.41, 5.74) is 2.22. The van der Waals surface area contributed by atoms with E-state index in [9.17, 15) is 14.4 Å². The summed E-state index contributed by atoms with van der Waals surface area (Å²) in [7, 11) is 1.67. The van der Waals surface area contributed by atoms with Gasteiger partial charge in [0.05, 0.1) is 0 Å². The Morgan fingerprint density at radius 3 is 2.08 bits per heavy atom. The average molecular weight is 351 g/mol. The van der Waals surface area contributed by atoms with Crippen LogP contribution in [0.2, 0.25) is 0 Å². The first-order valence-electron chi connectivity index (χ1n) is 8.07. The van der Waals surface area contributed by atoms with Crippen molar-refractivity contribution in [1.29, 1.82) is 0 Å². The van der Waals surface area contributed by atoms with Crippen molar-refractivity contribution in [3.63, 3.8) is 0 Å². The Morgan fingerprint density at radius 2 is 1.54 bits per heavy atom. The predicted molar refractivity (Wildman–Crippen MR) is 102 cm³/mol. The molecule has 0 heterocycles. The van der Waals surface area contributed by atoms with Crippen LogP contribution in [0, 0.1) is 0 Å². The number of rotatable bonds is 5. The molecule has 0 unspecified atom stereocenters. The molecule has 0 aliphatic heterocycles. The topological polar surface area (TPSA) is 78.5 Å². The van der Waals surface area contributed by atoms with E-state index in [4.69, 9.17) is 0 Å². The van der Waals surface area contributed by atoms with E-state index < -0.39 is 5.91 Å². The highest BCUT2D eigenvalue weighted by Gasteiger charge is 2.12. The number of nitrogens with zero attached hydrogens (tertiary/aromatic N) is 1. The molecule has 0 fully saturated rings. The summed E-state index contributed by atoms with van der Waals surface area (Å²) in [4.78, 5) is 36.8. The molecule has 0 radical (unpaired) electrons. The van der Waals surface area contributed by atoms with E-state index in [1.807, 2.05) is 30.3 Å². The summed E-state index contributed by atoms with van der Waals surface area (Å²) in [5.74, 6) is -0.849. The number of amides is 3. The second-order valence-corrected chi connectivity index (χ2v) is 5.73. The third-order valence-electron chi connectivity index (χ3n) is 3.65. The molecule has 2 aromatic carbocycles. The normalized spacial score (nSPS) is 10.8. The van der Waals surface area contributed by atoms with Crippen LogP contribution in [0.25, 0.3) is 6.08 Å². The quantitative estimate of drug-likeness (QED) is 0.813. The van der Waals surface area contributed by atoms with Crippen molar-refractivity contribution in [2.75, 3.05) is 17.3 Å². The highest BCUT2D eigenvalue weighted by atomic mass is 16.2. The van der Waals surface area contributed by atoms with Gasteiger partial charge in [-0.25, -0.2) is 0 Å². The van der Waals surface area contributed by atoms with Gasteiger partial charge in [0, 0.05) is 32.3 Å². The van der Waals surface area contributed by atoms with Gasteiger partial charge in [0.2, 0.25) is 11.8 Å². The molecular formula is C20H21N3O3. The molecule has 0 aliphatic carbocycles. The Labute approximate surface area is 152 Å². The van der Waals surface area contributed by atoms with Crippen LogP contribution in [-0.2, 0) is 14.4 Å². The summed E-state index contributed by atoms with van der Waals surface area (Å²) in [6.07, 6.45) is 1.61. The van der Waals surface area contributed by atoms with Gasteiger partial charge in [0.1, 0.15) is 5.70 Å². The fourth-order valence-electron chi connectivity index (χ4n) is 2.21. The van der Waals surface area contributed by atoms with Gasteiger partial charge in [-0.15, -0.1) is 0 Å². The SMILES string of the molecule is CC(=O)N/C(=C\c1ccccc1)C(=O)Nc1ccc(N(C)C(C)=O)cc1. The first-order chi connectivity index (χ1) is 12.4. The molecule has 0 saturated carbocycles. The van der Waals surface area contributed by atoms with Crippen LogP contribution in [-0.4, -0.2) is 24.8 Å². The van der Waals surface area contributed by atoms with Crippen molar-refractivity contribution in [1.82, 2.24) is 5.32 Å². The second-order valence-electron chi connectivity index (χ2n) is 5.73. The van der Waals surface area contributed by atoms with E-state index in [-0.39, 0.29) is 17.5 Å². The molecule has 6 nitrogen and oxygen atoms in total. The molecule has 2 rings (SSSR count). The monoisotopic (exact) mass is 351 g/mol. The third kappa shape index (κ3) is 5.31. The lowest BCUT2D eigenvalue weighted by Crippen LogP contribution is -2.29. The smallest absolute Gasteiger partial charge is 0.272 e. The van der Waals surface area contributed by atoms with Crippen LogP contribution in [0.1, 0.15) is 19.4 Å². The maximum absolute atomic E-state index is 12.5. The van der Waals surface area contributed by atoms with E-state index in [0.29, 0.717) is 5.69 Å². The number of nitrogens with one attached hydrogen (secondary N) is 2. The molecule has 3 amide bonds. The van der Waals surface area contributed by atoms with Crippen LogP contribution in [0.3, 0.4) is 0 Å². The number of carbonyl (C=O) groups excluding carboxylic acids is 3. The minimum Gasteiger partial charge on any atom is -0.322 e. The van der Waals surface area contributed by atoms with Crippen LogP contribution in [0.4, 0.5) is 11.4 Å². The molecule has 0 aromatic heterocycles. The van der Waals surface area contributed by atoms with Crippen molar-refractivity contribution in [2.24, 2.45) is 0 Å². The van der Waals surface area contributed by atoms with Gasteiger partial charge in [-0.3, -0.25) is 14.4 Å². The second kappa shape index (κ2) is 8.62. The van der Waals surface area contributed by atoms with Crippen molar-refractivity contribution >= 4 is 35.2 Å². The van der Waals surface area contributed by atoms with E-state index in [1.54, 1.807) is 37.4 Å². The average Bonchev–Trinajstić information content (AvgIpc) is 2.61. The lowest BCUT2D eigenvalue weighted by atomic mass is 10.2. The van der Waals surface area contributed by atoms with Gasteiger partial charge < -0.3 is 15.5 Å². The van der Waals surface area contributed by atoms with Gasteiger partial charge in [-0.05, 0) is 35.9 Å². The molecule has 0 atom stereocenters. The Balaban J connectivity index is 2.17. The van der Waals surface area contributed by atoms with Gasteiger partial charge in [0.25, 0.3) is 5.91 Å². The number of hydrogen-bond donors (Lipinski definition) is 2. The third-order valence-corrected chi connectivity index (χ3v) is 3.65. The van der Waals surface area contributed by atoms with E-state index in [2.05, 4.69) is 10.6 Å². The zero-order valence-corrected chi connectivity index (χ0v) is 14.9. The first kappa shape index (κ1) is 18.9. The van der Waals surface area contributed by atoms with E-state index in [0.717, 1.165) is 11.3 Å². The number of carbonyl (C=O) groups is 3. The summed E-state index contributed by atoms with van der Waals surface area (Å²) in [6.45, 7) is 2.82. The zero-order valence-electron chi connectivity index (χ0n) is 14.9. The van der Waals surface area contributed by atoms with Gasteiger partial charge in [-0.2, -0.15) is 0 Å². The lowest BCUT2D eigenvalue weighted by Gasteiger charge is -2.15. The fraction of sp³-hybridized carbons (Fsp3) is 0.150. The van der Waals surface area contributed by atoms with Crippen molar-refractivity contribution in [3.8, 4) is 0 Å². The van der Waals surface area contributed by atoms with Gasteiger partial charge >= 0.3 is 0 Å². The van der Waals surface area contributed by atoms with E-state index >= 15 is 0 Å². The zero-order chi connectivity index (χ0) is 19.1. The van der Waals surface area contributed by atoms with Gasteiger partial charge in [0.15, 0.2) is 0 Å². The predicted octanol–water partition coefficient (Wildman–Crippen LogP) is 2.79. The molecule has 26 heavy (non-hydrogen) atoms. The Bertz CT molecular complexity index is 827. The van der Waals surface area contributed by atoms with Crippen LogP contribution >= 0.6 is 0 Å². The number of anilines is 2. The summed E-state index contributed by atoms with van der Waals surface area (Å²) in [5, 5.41) is 5.29. The Kier molecular flexibility index (Phi) is 6.27. The largest absolute Gasteiger partial charge is 0.322 e. The molecule has 134 valence electrons. The minimum atomic E-state index is -0.434. The number of hydrogen-bond acceptors (Lipinski definition) is 3. The molecule has 0 saturated heterocycles. The standard InChI is InChI=1S/C20H21N3O3/c1-14(24)21-19(13-16-7-5-4-6-8-16)20(26)22-17-9-11-18(12-10-17)23(3)15(2)25/h4-13H,1-3H3,(H,21,24)(H,22,26)/b19-13-. The van der Waals surface area contributed by atoms with Crippen molar-refractivity contribution in [2.45, 2.75) is 13.8 Å².